The third-order valence-electron chi connectivity index (χ3n) is 2.38. The Kier molecular flexibility index (Phi) is 3.72. The zero-order valence-electron chi connectivity index (χ0n) is 9.83. The number of carbonyl (C=O) groups is 2. The molecule has 0 spiro atoms. The van der Waals surface area contributed by atoms with Gasteiger partial charge in [-0.15, -0.1) is 0 Å². The number of carboxylic acids is 1. The molecule has 1 heterocycles. The molecule has 96 valence electrons. The topological polar surface area (TPSA) is 94.5 Å². The van der Waals surface area contributed by atoms with Gasteiger partial charge in [-0.3, -0.25) is 4.79 Å². The molecule has 0 saturated carbocycles. The number of aromatic carboxylic acids is 1. The number of nitrogens with zero attached hydrogens (tertiary/aromatic N) is 1. The van der Waals surface area contributed by atoms with Gasteiger partial charge < -0.3 is 10.1 Å². The molecule has 0 aliphatic carbocycles. The second-order valence-corrected chi connectivity index (χ2v) is 3.71. The highest BCUT2D eigenvalue weighted by atomic mass is 16.4. The molecule has 0 atom stereocenters. The summed E-state index contributed by atoms with van der Waals surface area (Å²) in [7, 11) is 0. The average Bonchev–Trinajstić information content (AvgIpc) is 2.93. The van der Waals surface area contributed by atoms with Gasteiger partial charge in [-0.2, -0.15) is 5.10 Å². The monoisotopic (exact) mass is 257 g/mol. The number of carboxylic acid groups (broad SMARTS) is 1. The molecule has 0 aliphatic rings. The molecule has 0 bridgehead atoms. The van der Waals surface area contributed by atoms with Crippen molar-refractivity contribution in [2.75, 3.05) is 0 Å². The van der Waals surface area contributed by atoms with Gasteiger partial charge in [-0.25, -0.2) is 10.2 Å². The number of rotatable bonds is 4. The standard InChI is InChI=1S/C13H11N3O3/c17-12(11-2-1-7-14-11)16-15-8-9-3-5-10(6-4-9)13(18)19/h1-8,14H,(H,16,17)(H,18,19)/b15-8-. The van der Waals surface area contributed by atoms with E-state index in [2.05, 4.69) is 15.5 Å². The first-order valence-electron chi connectivity index (χ1n) is 5.47. The van der Waals surface area contributed by atoms with Crippen molar-refractivity contribution >= 4 is 18.1 Å². The van der Waals surface area contributed by atoms with Crippen LogP contribution in [0.3, 0.4) is 0 Å². The molecule has 19 heavy (non-hydrogen) atoms. The van der Waals surface area contributed by atoms with Crippen molar-refractivity contribution < 1.29 is 14.7 Å². The Morgan fingerprint density at radius 1 is 1.21 bits per heavy atom. The van der Waals surface area contributed by atoms with E-state index in [9.17, 15) is 9.59 Å². The van der Waals surface area contributed by atoms with Crippen molar-refractivity contribution in [1.29, 1.82) is 0 Å². The molecular formula is C13H11N3O3. The number of carbonyl (C=O) groups excluding carboxylic acids is 1. The Bertz CT molecular complexity index is 601. The Morgan fingerprint density at radius 3 is 2.53 bits per heavy atom. The van der Waals surface area contributed by atoms with Crippen LogP contribution in [0.4, 0.5) is 0 Å². The van der Waals surface area contributed by atoms with Crippen molar-refractivity contribution in [3.8, 4) is 0 Å². The molecule has 6 nitrogen and oxygen atoms in total. The smallest absolute Gasteiger partial charge is 0.335 e. The molecule has 0 unspecified atom stereocenters. The maximum Gasteiger partial charge on any atom is 0.335 e. The molecule has 0 aliphatic heterocycles. The molecule has 3 N–H and O–H groups in total. The lowest BCUT2D eigenvalue weighted by Crippen LogP contribution is -2.17. The van der Waals surface area contributed by atoms with Gasteiger partial charge in [0.15, 0.2) is 0 Å². The molecule has 2 aromatic rings. The third-order valence-corrected chi connectivity index (χ3v) is 2.38. The molecular weight excluding hydrogens is 246 g/mol. The van der Waals surface area contributed by atoms with Crippen LogP contribution in [0, 0.1) is 0 Å². The maximum atomic E-state index is 11.5. The fraction of sp³-hybridized carbons (Fsp3) is 0. The van der Waals surface area contributed by atoms with E-state index in [1.807, 2.05) is 0 Å². The first-order chi connectivity index (χ1) is 9.16. The second kappa shape index (κ2) is 5.63. The minimum atomic E-state index is -0.983. The van der Waals surface area contributed by atoms with E-state index in [4.69, 9.17) is 5.11 Å². The first-order valence-corrected chi connectivity index (χ1v) is 5.47. The summed E-state index contributed by atoms with van der Waals surface area (Å²) in [5.41, 5.74) is 3.66. The number of aromatic amines is 1. The number of H-pyrrole nitrogens is 1. The number of benzene rings is 1. The summed E-state index contributed by atoms with van der Waals surface area (Å²) in [6, 6.07) is 9.49. The van der Waals surface area contributed by atoms with Crippen molar-refractivity contribution in [3.05, 3.63) is 59.4 Å². The zero-order chi connectivity index (χ0) is 13.7. The van der Waals surface area contributed by atoms with Gasteiger partial charge >= 0.3 is 5.97 Å². The summed E-state index contributed by atoms with van der Waals surface area (Å²) in [5, 5.41) is 12.5. The fourth-order valence-corrected chi connectivity index (χ4v) is 1.41. The average molecular weight is 257 g/mol. The number of amides is 1. The van der Waals surface area contributed by atoms with E-state index in [0.29, 0.717) is 11.3 Å². The second-order valence-electron chi connectivity index (χ2n) is 3.71. The predicted molar refractivity (Wildman–Crippen MR) is 69.3 cm³/mol. The molecule has 1 aromatic carbocycles. The highest BCUT2D eigenvalue weighted by Gasteiger charge is 2.03. The lowest BCUT2D eigenvalue weighted by Gasteiger charge is -1.97. The predicted octanol–water partition coefficient (Wildman–Crippen LogP) is 1.48. The van der Waals surface area contributed by atoms with Crippen LogP contribution in [0.5, 0.6) is 0 Å². The Labute approximate surface area is 108 Å². The van der Waals surface area contributed by atoms with Crippen molar-refractivity contribution in [1.82, 2.24) is 10.4 Å². The number of aromatic nitrogens is 1. The minimum Gasteiger partial charge on any atom is -0.478 e. The molecule has 0 fully saturated rings. The van der Waals surface area contributed by atoms with Crippen molar-refractivity contribution in [3.63, 3.8) is 0 Å². The largest absolute Gasteiger partial charge is 0.478 e. The summed E-state index contributed by atoms with van der Waals surface area (Å²) < 4.78 is 0. The highest BCUT2D eigenvalue weighted by molar-refractivity contribution is 5.93. The van der Waals surface area contributed by atoms with Gasteiger partial charge in [-0.05, 0) is 29.8 Å². The van der Waals surface area contributed by atoms with Crippen LogP contribution in [0.25, 0.3) is 0 Å². The quantitative estimate of drug-likeness (QED) is 0.572. The van der Waals surface area contributed by atoms with Gasteiger partial charge in [0.1, 0.15) is 5.69 Å². The minimum absolute atomic E-state index is 0.201. The summed E-state index contributed by atoms with van der Waals surface area (Å²) in [5.74, 6) is -1.33. The zero-order valence-corrected chi connectivity index (χ0v) is 9.83. The van der Waals surface area contributed by atoms with Crippen LogP contribution < -0.4 is 5.43 Å². The van der Waals surface area contributed by atoms with Gasteiger partial charge in [0.05, 0.1) is 11.8 Å². The van der Waals surface area contributed by atoms with E-state index in [0.717, 1.165) is 0 Å². The highest BCUT2D eigenvalue weighted by Crippen LogP contribution is 2.02. The van der Waals surface area contributed by atoms with Crippen LogP contribution in [0.15, 0.2) is 47.7 Å². The van der Waals surface area contributed by atoms with Crippen molar-refractivity contribution in [2.45, 2.75) is 0 Å². The first kappa shape index (κ1) is 12.6. The molecule has 0 radical (unpaired) electrons. The van der Waals surface area contributed by atoms with Crippen LogP contribution in [-0.2, 0) is 0 Å². The Balaban J connectivity index is 1.95. The van der Waals surface area contributed by atoms with E-state index in [1.54, 1.807) is 30.5 Å². The summed E-state index contributed by atoms with van der Waals surface area (Å²) in [6.45, 7) is 0. The third kappa shape index (κ3) is 3.29. The number of hydrogen-bond donors (Lipinski definition) is 3. The lowest BCUT2D eigenvalue weighted by molar-refractivity contribution is 0.0696. The maximum absolute atomic E-state index is 11.5. The lowest BCUT2D eigenvalue weighted by atomic mass is 10.1. The van der Waals surface area contributed by atoms with Gasteiger partial charge in [0, 0.05) is 6.20 Å². The van der Waals surface area contributed by atoms with E-state index in [-0.39, 0.29) is 11.5 Å². The summed E-state index contributed by atoms with van der Waals surface area (Å²) in [4.78, 5) is 24.9. The Hall–Kier alpha value is -2.89. The SMILES string of the molecule is O=C(O)c1ccc(/C=N\NC(=O)c2ccc[nH]2)cc1. The van der Waals surface area contributed by atoms with Gasteiger partial charge in [-0.1, -0.05) is 12.1 Å². The van der Waals surface area contributed by atoms with Crippen molar-refractivity contribution in [2.24, 2.45) is 5.10 Å². The molecule has 0 saturated heterocycles. The normalized spacial score (nSPS) is 10.5. The van der Waals surface area contributed by atoms with E-state index >= 15 is 0 Å². The number of hydrazone groups is 1. The van der Waals surface area contributed by atoms with Crippen LogP contribution >= 0.6 is 0 Å². The van der Waals surface area contributed by atoms with Gasteiger partial charge in [0.2, 0.25) is 0 Å². The number of nitrogens with one attached hydrogen (secondary N) is 2. The molecule has 1 amide bonds. The molecule has 2 rings (SSSR count). The Morgan fingerprint density at radius 2 is 1.95 bits per heavy atom. The molecule has 1 aromatic heterocycles. The summed E-state index contributed by atoms with van der Waals surface area (Å²) in [6.07, 6.45) is 3.08. The number of hydrogen-bond acceptors (Lipinski definition) is 3. The molecule has 6 heteroatoms. The van der Waals surface area contributed by atoms with E-state index in [1.165, 1.54) is 18.3 Å². The van der Waals surface area contributed by atoms with Crippen LogP contribution in [0.2, 0.25) is 0 Å². The van der Waals surface area contributed by atoms with Crippen LogP contribution in [0.1, 0.15) is 26.4 Å². The fourth-order valence-electron chi connectivity index (χ4n) is 1.41. The summed E-state index contributed by atoms with van der Waals surface area (Å²) >= 11 is 0. The van der Waals surface area contributed by atoms with Crippen LogP contribution in [-0.4, -0.2) is 28.2 Å². The van der Waals surface area contributed by atoms with Gasteiger partial charge in [0.25, 0.3) is 5.91 Å². The van der Waals surface area contributed by atoms with E-state index < -0.39 is 5.97 Å².